The van der Waals surface area contributed by atoms with E-state index in [1.165, 1.54) is 7.11 Å². The summed E-state index contributed by atoms with van der Waals surface area (Å²) >= 11 is 0. The molecule has 0 bridgehead atoms. The molecule has 0 saturated heterocycles. The largest absolute Gasteiger partial charge is 0.497 e. The van der Waals surface area contributed by atoms with Gasteiger partial charge in [0.1, 0.15) is 12.4 Å². The van der Waals surface area contributed by atoms with E-state index in [1.807, 2.05) is 12.1 Å². The first kappa shape index (κ1) is 13.5. The van der Waals surface area contributed by atoms with Gasteiger partial charge in [-0.3, -0.25) is 0 Å². The van der Waals surface area contributed by atoms with Crippen LogP contribution in [0.2, 0.25) is 0 Å². The topological polar surface area (TPSA) is 70.8 Å². The zero-order valence-electron chi connectivity index (χ0n) is 10.0. The highest BCUT2D eigenvalue weighted by molar-refractivity contribution is 5.74. The minimum absolute atomic E-state index is 0.109. The molecule has 1 aromatic carbocycles. The van der Waals surface area contributed by atoms with Crippen molar-refractivity contribution in [1.29, 1.82) is 0 Å². The van der Waals surface area contributed by atoms with Crippen LogP contribution in [0, 0.1) is 0 Å². The molecule has 94 valence electrons. The van der Waals surface area contributed by atoms with Crippen molar-refractivity contribution in [3.63, 3.8) is 0 Å². The Bertz CT molecular complexity index is 346. The maximum absolute atomic E-state index is 11.4. The Morgan fingerprint density at radius 3 is 2.41 bits per heavy atom. The van der Waals surface area contributed by atoms with E-state index < -0.39 is 12.1 Å². The minimum Gasteiger partial charge on any atom is -0.497 e. The van der Waals surface area contributed by atoms with Gasteiger partial charge in [-0.05, 0) is 17.7 Å². The number of carbonyl (C=O) groups is 1. The van der Waals surface area contributed by atoms with E-state index in [-0.39, 0.29) is 13.2 Å². The van der Waals surface area contributed by atoms with E-state index in [0.29, 0.717) is 0 Å². The molecule has 1 aromatic rings. The zero-order valence-corrected chi connectivity index (χ0v) is 10.0. The molecule has 0 heterocycles. The van der Waals surface area contributed by atoms with Crippen molar-refractivity contribution < 1.29 is 19.0 Å². The number of ether oxygens (including phenoxy) is 3. The highest BCUT2D eigenvalue weighted by Gasteiger charge is 2.17. The molecule has 1 unspecified atom stereocenters. The lowest BCUT2D eigenvalue weighted by Gasteiger charge is -2.12. The quantitative estimate of drug-likeness (QED) is 0.740. The van der Waals surface area contributed by atoms with Gasteiger partial charge in [0, 0.05) is 13.7 Å². The van der Waals surface area contributed by atoms with Gasteiger partial charge in [0.2, 0.25) is 0 Å². The Labute approximate surface area is 100 Å². The Balaban J connectivity index is 2.46. The molecule has 0 aliphatic carbocycles. The van der Waals surface area contributed by atoms with Gasteiger partial charge in [-0.25, -0.2) is 4.79 Å². The van der Waals surface area contributed by atoms with Gasteiger partial charge in [-0.1, -0.05) is 12.1 Å². The zero-order chi connectivity index (χ0) is 12.7. The summed E-state index contributed by atoms with van der Waals surface area (Å²) in [5.74, 6) is 0.308. The van der Waals surface area contributed by atoms with Gasteiger partial charge < -0.3 is 19.9 Å². The lowest BCUT2D eigenvalue weighted by Crippen LogP contribution is -2.32. The predicted octanol–water partition coefficient (Wildman–Crippen LogP) is 0.712. The molecule has 0 fully saturated rings. The highest BCUT2D eigenvalue weighted by atomic mass is 16.6. The van der Waals surface area contributed by atoms with Crippen molar-refractivity contribution >= 4 is 5.97 Å². The van der Waals surface area contributed by atoms with Crippen LogP contribution in [0.3, 0.4) is 0 Å². The molecule has 0 aliphatic rings. The summed E-state index contributed by atoms with van der Waals surface area (Å²) in [6.07, 6.45) is -0.701. The summed E-state index contributed by atoms with van der Waals surface area (Å²) in [6.45, 7) is 0.306. The summed E-state index contributed by atoms with van der Waals surface area (Å²) in [7, 11) is 3.02. The van der Waals surface area contributed by atoms with Crippen molar-refractivity contribution in [2.75, 3.05) is 20.8 Å². The molecule has 0 aliphatic heterocycles. The highest BCUT2D eigenvalue weighted by Crippen LogP contribution is 2.12. The standard InChI is InChI=1S/C12H17NO4/c1-15-10-5-3-9(4-6-10)8-17-12(14)11(7-13)16-2/h3-6,11H,7-8,13H2,1-2H3. The number of rotatable bonds is 6. The first-order chi connectivity index (χ1) is 8.21. The van der Waals surface area contributed by atoms with Gasteiger partial charge in [-0.15, -0.1) is 0 Å². The van der Waals surface area contributed by atoms with Crippen LogP contribution in [0.4, 0.5) is 0 Å². The Kier molecular flexibility index (Phi) is 5.45. The van der Waals surface area contributed by atoms with Gasteiger partial charge in [0.25, 0.3) is 0 Å². The van der Waals surface area contributed by atoms with Gasteiger partial charge in [0.15, 0.2) is 6.10 Å². The molecule has 1 atom stereocenters. The average Bonchev–Trinajstić information content (AvgIpc) is 2.38. The molecule has 17 heavy (non-hydrogen) atoms. The van der Waals surface area contributed by atoms with E-state index >= 15 is 0 Å². The van der Waals surface area contributed by atoms with E-state index in [4.69, 9.17) is 19.9 Å². The van der Waals surface area contributed by atoms with Crippen LogP contribution in [-0.2, 0) is 20.9 Å². The van der Waals surface area contributed by atoms with Crippen molar-refractivity contribution in [1.82, 2.24) is 0 Å². The number of methoxy groups -OCH3 is 2. The Hall–Kier alpha value is -1.59. The SMILES string of the molecule is COc1ccc(COC(=O)C(CN)OC)cc1. The van der Waals surface area contributed by atoms with E-state index in [9.17, 15) is 4.79 Å². The first-order valence-corrected chi connectivity index (χ1v) is 5.23. The summed E-state index contributed by atoms with van der Waals surface area (Å²) in [6, 6.07) is 7.27. The number of carbonyl (C=O) groups excluding carboxylic acids is 1. The van der Waals surface area contributed by atoms with E-state index in [1.54, 1.807) is 19.2 Å². The monoisotopic (exact) mass is 239 g/mol. The molecule has 2 N–H and O–H groups in total. The van der Waals surface area contributed by atoms with Crippen molar-refractivity contribution in [3.8, 4) is 5.75 Å². The maximum Gasteiger partial charge on any atom is 0.336 e. The lowest BCUT2D eigenvalue weighted by molar-refractivity contribution is -0.156. The lowest BCUT2D eigenvalue weighted by atomic mass is 10.2. The molecule has 0 aromatic heterocycles. The summed E-state index contributed by atoms with van der Waals surface area (Å²) in [4.78, 5) is 11.4. The van der Waals surface area contributed by atoms with Gasteiger partial charge >= 0.3 is 5.97 Å². The fraction of sp³-hybridized carbons (Fsp3) is 0.417. The van der Waals surface area contributed by atoms with Crippen LogP contribution in [0.5, 0.6) is 5.75 Å². The van der Waals surface area contributed by atoms with Crippen LogP contribution >= 0.6 is 0 Å². The summed E-state index contributed by atoms with van der Waals surface area (Å²) < 4.78 is 15.0. The second-order valence-electron chi connectivity index (χ2n) is 3.42. The maximum atomic E-state index is 11.4. The normalized spacial score (nSPS) is 11.9. The van der Waals surface area contributed by atoms with Crippen LogP contribution in [0.1, 0.15) is 5.56 Å². The fourth-order valence-corrected chi connectivity index (χ4v) is 1.26. The van der Waals surface area contributed by atoms with Crippen LogP contribution < -0.4 is 10.5 Å². The molecule has 1 rings (SSSR count). The number of benzene rings is 1. The van der Waals surface area contributed by atoms with E-state index in [2.05, 4.69) is 0 Å². The summed E-state index contributed by atoms with van der Waals surface area (Å²) in [5, 5.41) is 0. The van der Waals surface area contributed by atoms with Crippen LogP contribution in [0.15, 0.2) is 24.3 Å². The first-order valence-electron chi connectivity index (χ1n) is 5.23. The number of esters is 1. The second kappa shape index (κ2) is 6.88. The fourth-order valence-electron chi connectivity index (χ4n) is 1.26. The average molecular weight is 239 g/mol. The summed E-state index contributed by atoms with van der Waals surface area (Å²) in [5.41, 5.74) is 6.23. The van der Waals surface area contributed by atoms with E-state index in [0.717, 1.165) is 11.3 Å². The molecule has 5 heteroatoms. The molecule has 0 spiro atoms. The third kappa shape index (κ3) is 4.05. The van der Waals surface area contributed by atoms with Crippen molar-refractivity contribution in [2.24, 2.45) is 5.73 Å². The molecule has 0 radical (unpaired) electrons. The Morgan fingerprint density at radius 2 is 1.94 bits per heavy atom. The van der Waals surface area contributed by atoms with Crippen LogP contribution in [0.25, 0.3) is 0 Å². The third-order valence-electron chi connectivity index (χ3n) is 2.30. The van der Waals surface area contributed by atoms with Crippen molar-refractivity contribution in [3.05, 3.63) is 29.8 Å². The minimum atomic E-state index is -0.701. The predicted molar refractivity (Wildman–Crippen MR) is 62.6 cm³/mol. The van der Waals surface area contributed by atoms with Crippen molar-refractivity contribution in [2.45, 2.75) is 12.7 Å². The smallest absolute Gasteiger partial charge is 0.336 e. The molecule has 0 saturated carbocycles. The molecule has 5 nitrogen and oxygen atoms in total. The van der Waals surface area contributed by atoms with Gasteiger partial charge in [0.05, 0.1) is 7.11 Å². The van der Waals surface area contributed by atoms with Crippen LogP contribution in [-0.4, -0.2) is 32.8 Å². The third-order valence-corrected chi connectivity index (χ3v) is 2.30. The number of hydrogen-bond donors (Lipinski definition) is 1. The number of nitrogens with two attached hydrogens (primary N) is 1. The molecular weight excluding hydrogens is 222 g/mol. The second-order valence-corrected chi connectivity index (χ2v) is 3.42. The Morgan fingerprint density at radius 1 is 1.29 bits per heavy atom. The number of hydrogen-bond acceptors (Lipinski definition) is 5. The molecule has 0 amide bonds. The van der Waals surface area contributed by atoms with Gasteiger partial charge in [-0.2, -0.15) is 0 Å². The molecular formula is C12H17NO4.